The Morgan fingerprint density at radius 2 is 1.84 bits per heavy atom. The number of rotatable bonds is 1. The van der Waals surface area contributed by atoms with Gasteiger partial charge >= 0.3 is 0 Å². The van der Waals surface area contributed by atoms with Crippen LogP contribution < -0.4 is 11.1 Å². The second-order valence-corrected chi connectivity index (χ2v) is 6.95. The monoisotopic (exact) mass is 280 g/mol. The first kappa shape index (κ1) is 12.2. The number of nitrogens with one attached hydrogen (secondary N) is 1. The Hall–Kier alpha value is -1.89. The van der Waals surface area contributed by atoms with E-state index in [0.29, 0.717) is 17.2 Å². The van der Waals surface area contributed by atoms with Gasteiger partial charge in [-0.25, -0.2) is 13.1 Å². The van der Waals surface area contributed by atoms with E-state index in [1.165, 1.54) is 0 Å². The summed E-state index contributed by atoms with van der Waals surface area (Å²) in [7, 11) is -3.11. The first-order valence-corrected chi connectivity index (χ1v) is 7.74. The van der Waals surface area contributed by atoms with Crippen LogP contribution in [0.15, 0.2) is 33.9 Å². The molecule has 19 heavy (non-hydrogen) atoms. The smallest absolute Gasteiger partial charge is 0.267 e. The molecule has 0 unspecified atom stereocenters. The Balaban J connectivity index is 2.24. The molecule has 0 amide bonds. The lowest BCUT2D eigenvalue weighted by Crippen LogP contribution is -2.33. The molecule has 2 aromatic rings. The van der Waals surface area contributed by atoms with Crippen LogP contribution in [0.4, 0.5) is 0 Å². The SMILES string of the molecule is O=c1[nH]n([C@@H]2CCS(=O)(=O)C2)c(=O)c2ccccc12. The lowest BCUT2D eigenvalue weighted by atomic mass is 10.2. The van der Waals surface area contributed by atoms with E-state index < -0.39 is 15.9 Å². The first-order valence-electron chi connectivity index (χ1n) is 5.92. The highest BCUT2D eigenvalue weighted by molar-refractivity contribution is 7.91. The van der Waals surface area contributed by atoms with Gasteiger partial charge in [-0.1, -0.05) is 12.1 Å². The minimum atomic E-state index is -3.11. The maximum Gasteiger partial charge on any atom is 0.273 e. The minimum absolute atomic E-state index is 0.0545. The molecule has 1 aliphatic rings. The number of benzene rings is 1. The molecule has 0 aliphatic carbocycles. The largest absolute Gasteiger partial charge is 0.273 e. The summed E-state index contributed by atoms with van der Waals surface area (Å²) in [6.07, 6.45) is 0.358. The van der Waals surface area contributed by atoms with Gasteiger partial charge in [0, 0.05) is 0 Å². The molecule has 1 N–H and O–H groups in total. The van der Waals surface area contributed by atoms with Crippen molar-refractivity contribution in [2.24, 2.45) is 0 Å². The van der Waals surface area contributed by atoms with E-state index in [1.807, 2.05) is 0 Å². The van der Waals surface area contributed by atoms with Crippen LogP contribution in [0, 0.1) is 0 Å². The predicted octanol–water partition coefficient (Wildman–Crippen LogP) is 0.0494. The highest BCUT2D eigenvalue weighted by Crippen LogP contribution is 2.21. The second-order valence-electron chi connectivity index (χ2n) is 4.72. The van der Waals surface area contributed by atoms with Crippen LogP contribution in [-0.2, 0) is 9.84 Å². The molecule has 7 heteroatoms. The Morgan fingerprint density at radius 3 is 2.47 bits per heavy atom. The second kappa shape index (κ2) is 4.06. The fourth-order valence-electron chi connectivity index (χ4n) is 2.45. The van der Waals surface area contributed by atoms with Crippen LogP contribution in [0.1, 0.15) is 12.5 Å². The first-order chi connectivity index (χ1) is 8.98. The standard InChI is InChI=1S/C12H12N2O4S/c15-11-9-3-1-2-4-10(9)12(16)14(13-11)8-5-6-19(17,18)7-8/h1-4,8H,5-7H2,(H,13,15)/t8-/m1/s1. The van der Waals surface area contributed by atoms with Gasteiger partial charge in [-0.3, -0.25) is 14.7 Å². The highest BCUT2D eigenvalue weighted by atomic mass is 32.2. The van der Waals surface area contributed by atoms with Crippen LogP contribution in [0.25, 0.3) is 10.8 Å². The number of hydrogen-bond acceptors (Lipinski definition) is 4. The third kappa shape index (κ3) is 1.99. The zero-order valence-corrected chi connectivity index (χ0v) is 10.8. The van der Waals surface area contributed by atoms with Gasteiger partial charge in [-0.15, -0.1) is 0 Å². The van der Waals surface area contributed by atoms with Gasteiger partial charge < -0.3 is 0 Å². The molecular formula is C12H12N2O4S. The summed E-state index contributed by atoms with van der Waals surface area (Å²) in [5.41, 5.74) is -0.725. The van der Waals surface area contributed by atoms with Gasteiger partial charge in [0.05, 0.1) is 28.3 Å². The molecule has 2 heterocycles. The molecule has 0 bridgehead atoms. The average molecular weight is 280 g/mol. The third-order valence-corrected chi connectivity index (χ3v) is 5.17. The molecule has 1 fully saturated rings. The summed E-state index contributed by atoms with van der Waals surface area (Å²) in [5, 5.41) is 3.12. The van der Waals surface area contributed by atoms with Crippen molar-refractivity contribution in [1.82, 2.24) is 9.78 Å². The zero-order valence-electron chi connectivity index (χ0n) is 10.00. The van der Waals surface area contributed by atoms with E-state index in [4.69, 9.17) is 0 Å². The fourth-order valence-corrected chi connectivity index (χ4v) is 4.15. The Morgan fingerprint density at radius 1 is 1.16 bits per heavy atom. The molecule has 3 rings (SSSR count). The topological polar surface area (TPSA) is 89.0 Å². The molecule has 100 valence electrons. The molecule has 1 saturated heterocycles. The zero-order chi connectivity index (χ0) is 13.6. The summed E-state index contributed by atoms with van der Waals surface area (Å²) >= 11 is 0. The van der Waals surface area contributed by atoms with Crippen LogP contribution >= 0.6 is 0 Å². The van der Waals surface area contributed by atoms with Gasteiger partial charge in [0.25, 0.3) is 11.1 Å². The van der Waals surface area contributed by atoms with Crippen LogP contribution in [0.5, 0.6) is 0 Å². The van der Waals surface area contributed by atoms with E-state index in [-0.39, 0.29) is 22.6 Å². The number of aromatic nitrogens is 2. The van der Waals surface area contributed by atoms with Crippen LogP contribution in [0.2, 0.25) is 0 Å². The molecule has 1 aromatic carbocycles. The molecule has 1 atom stereocenters. The summed E-state index contributed by atoms with van der Waals surface area (Å²) in [5.74, 6) is -0.0415. The molecule has 1 aromatic heterocycles. The fraction of sp³-hybridized carbons (Fsp3) is 0.333. The van der Waals surface area contributed by atoms with Crippen molar-refractivity contribution >= 4 is 20.6 Å². The molecule has 0 radical (unpaired) electrons. The van der Waals surface area contributed by atoms with Crippen LogP contribution in [0.3, 0.4) is 0 Å². The number of nitrogens with zero attached hydrogens (tertiary/aromatic N) is 1. The van der Waals surface area contributed by atoms with Gasteiger partial charge in [0.15, 0.2) is 9.84 Å². The number of aromatic amines is 1. The average Bonchev–Trinajstić information content (AvgIpc) is 2.74. The van der Waals surface area contributed by atoms with Crippen molar-refractivity contribution in [2.45, 2.75) is 12.5 Å². The Labute approximate surface area is 108 Å². The summed E-state index contributed by atoms with van der Waals surface area (Å²) in [6, 6.07) is 6.04. The van der Waals surface area contributed by atoms with E-state index in [9.17, 15) is 18.0 Å². The molecule has 0 saturated carbocycles. The number of H-pyrrole nitrogens is 1. The molecule has 0 spiro atoms. The van der Waals surface area contributed by atoms with Gasteiger partial charge in [0.1, 0.15) is 0 Å². The highest BCUT2D eigenvalue weighted by Gasteiger charge is 2.30. The van der Waals surface area contributed by atoms with Crippen molar-refractivity contribution < 1.29 is 8.42 Å². The number of hydrogen-bond donors (Lipinski definition) is 1. The van der Waals surface area contributed by atoms with Crippen molar-refractivity contribution in [3.05, 3.63) is 45.0 Å². The quantitative estimate of drug-likeness (QED) is 0.799. The number of sulfone groups is 1. The molecular weight excluding hydrogens is 268 g/mol. The van der Waals surface area contributed by atoms with E-state index in [2.05, 4.69) is 5.10 Å². The van der Waals surface area contributed by atoms with E-state index in [1.54, 1.807) is 24.3 Å². The van der Waals surface area contributed by atoms with Gasteiger partial charge in [0.2, 0.25) is 0 Å². The molecule has 1 aliphatic heterocycles. The van der Waals surface area contributed by atoms with Crippen molar-refractivity contribution in [2.75, 3.05) is 11.5 Å². The maximum atomic E-state index is 12.3. The van der Waals surface area contributed by atoms with Gasteiger partial charge in [-0.2, -0.15) is 0 Å². The van der Waals surface area contributed by atoms with Crippen molar-refractivity contribution in [1.29, 1.82) is 0 Å². The minimum Gasteiger partial charge on any atom is -0.267 e. The van der Waals surface area contributed by atoms with Crippen molar-refractivity contribution in [3.63, 3.8) is 0 Å². The van der Waals surface area contributed by atoms with Gasteiger partial charge in [-0.05, 0) is 18.6 Å². The predicted molar refractivity (Wildman–Crippen MR) is 71.1 cm³/mol. The summed E-state index contributed by atoms with van der Waals surface area (Å²) in [4.78, 5) is 24.2. The lowest BCUT2D eigenvalue weighted by molar-refractivity contribution is 0.473. The third-order valence-electron chi connectivity index (χ3n) is 3.42. The van der Waals surface area contributed by atoms with E-state index >= 15 is 0 Å². The van der Waals surface area contributed by atoms with Crippen molar-refractivity contribution in [3.8, 4) is 0 Å². The normalized spacial score (nSPS) is 21.8. The van der Waals surface area contributed by atoms with Crippen LogP contribution in [-0.4, -0.2) is 29.7 Å². The summed E-state index contributed by atoms with van der Waals surface area (Å²) in [6.45, 7) is 0. The molecule has 6 nitrogen and oxygen atoms in total. The summed E-state index contributed by atoms with van der Waals surface area (Å²) < 4.78 is 24.1. The lowest BCUT2D eigenvalue weighted by Gasteiger charge is -2.12. The Bertz CT molecular complexity index is 863. The number of fused-ring (bicyclic) bond motifs is 1. The Kier molecular flexibility index (Phi) is 2.60. The van der Waals surface area contributed by atoms with E-state index in [0.717, 1.165) is 4.68 Å². The maximum absolute atomic E-state index is 12.3.